The van der Waals surface area contributed by atoms with Gasteiger partial charge in [-0.25, -0.2) is 0 Å². The number of hydrogen-bond donors (Lipinski definition) is 1. The third kappa shape index (κ3) is 10.3. The van der Waals surface area contributed by atoms with Crippen LogP contribution in [0.2, 0.25) is 0 Å². The van der Waals surface area contributed by atoms with Crippen LogP contribution in [0.25, 0.3) is 0 Å². The number of ether oxygens (including phenoxy) is 1. The fraction of sp³-hybridized carbons (Fsp3) is 1.00. The Labute approximate surface area is 91.5 Å². The lowest BCUT2D eigenvalue weighted by Crippen LogP contribution is -2.26. The zero-order valence-corrected chi connectivity index (χ0v) is 10.2. The van der Waals surface area contributed by atoms with E-state index in [1.807, 2.05) is 6.92 Å². The molecule has 0 radical (unpaired) electrons. The molecule has 0 heterocycles. The largest absolute Gasteiger partial charge is 0.400 e. The normalized spacial score (nSPS) is 12.3. The van der Waals surface area contributed by atoms with Gasteiger partial charge in [0.05, 0.1) is 6.61 Å². The highest BCUT2D eigenvalue weighted by atomic mass is 32.3. The van der Waals surface area contributed by atoms with E-state index in [2.05, 4.69) is 4.74 Å². The molecule has 0 aromatic heterocycles. The van der Waals surface area contributed by atoms with E-state index in [1.54, 1.807) is 0 Å². The number of unbranched alkanes of at least 4 members (excludes halogenated alkanes) is 1. The smallest absolute Gasteiger partial charge is 0.278 e. The number of hydrogen-bond acceptors (Lipinski definition) is 3. The number of aliphatic hydroxyl groups is 1. The van der Waals surface area contributed by atoms with Gasteiger partial charge in [0.25, 0.3) is 11.4 Å². The number of rotatable bonds is 7. The molecule has 0 amide bonds. The lowest BCUT2D eigenvalue weighted by atomic mass is 10.3. The Kier molecular flexibility index (Phi) is 12.2. The first-order valence-electron chi connectivity index (χ1n) is 4.63. The zero-order valence-electron chi connectivity index (χ0n) is 9.38. The highest BCUT2D eigenvalue weighted by Gasteiger charge is 2.30. The fourth-order valence-electron chi connectivity index (χ4n) is 0.846. The SMILES string of the molecule is CCCCN(CCOC)S(F)(F)F.CO. The average Bonchev–Trinajstić information content (AvgIpc) is 2.19. The second-order valence-electron chi connectivity index (χ2n) is 2.66. The van der Waals surface area contributed by atoms with Crippen molar-refractivity contribution >= 4 is 11.4 Å². The molecular weight excluding hydrogens is 231 g/mol. The third-order valence-electron chi connectivity index (χ3n) is 1.60. The molecule has 96 valence electrons. The van der Waals surface area contributed by atoms with Crippen LogP contribution >= 0.6 is 11.4 Å². The molecule has 0 saturated carbocycles. The standard InChI is InChI=1S/C7H16F3NOS.CH4O/c1-3-4-5-11(6-7-12-2)13(8,9)10;1-2/h3-7H2,1-2H3;2H,1H3. The first-order chi connectivity index (χ1) is 7.02. The molecule has 0 rings (SSSR count). The van der Waals surface area contributed by atoms with Crippen molar-refractivity contribution < 1.29 is 21.5 Å². The van der Waals surface area contributed by atoms with Crippen molar-refractivity contribution in [1.82, 2.24) is 4.31 Å². The highest BCUT2D eigenvalue weighted by Crippen LogP contribution is 2.56. The van der Waals surface area contributed by atoms with E-state index in [0.717, 1.165) is 13.5 Å². The van der Waals surface area contributed by atoms with Crippen LogP contribution in [0.1, 0.15) is 19.8 Å². The first kappa shape index (κ1) is 17.4. The summed E-state index contributed by atoms with van der Waals surface area (Å²) in [5.74, 6) is 0. The van der Waals surface area contributed by atoms with Crippen LogP contribution in [-0.4, -0.2) is 43.3 Å². The Morgan fingerprint density at radius 1 is 1.20 bits per heavy atom. The van der Waals surface area contributed by atoms with Gasteiger partial charge in [0, 0.05) is 27.3 Å². The van der Waals surface area contributed by atoms with Gasteiger partial charge >= 0.3 is 0 Å². The molecule has 15 heavy (non-hydrogen) atoms. The summed E-state index contributed by atoms with van der Waals surface area (Å²) in [7, 11) is 2.41. The van der Waals surface area contributed by atoms with Crippen LogP contribution in [0.3, 0.4) is 0 Å². The van der Waals surface area contributed by atoms with Crippen LogP contribution in [0.5, 0.6) is 0 Å². The molecule has 0 aliphatic rings. The van der Waals surface area contributed by atoms with Gasteiger partial charge < -0.3 is 9.84 Å². The molecule has 0 aromatic rings. The summed E-state index contributed by atoms with van der Waals surface area (Å²) in [4.78, 5) is 0. The second-order valence-corrected chi connectivity index (χ2v) is 3.94. The number of aliphatic hydroxyl groups excluding tert-OH is 1. The van der Waals surface area contributed by atoms with Crippen LogP contribution < -0.4 is 0 Å². The Morgan fingerprint density at radius 2 is 1.73 bits per heavy atom. The van der Waals surface area contributed by atoms with Crippen LogP contribution in [0.4, 0.5) is 11.7 Å². The predicted octanol–water partition coefficient (Wildman–Crippen LogP) is 2.72. The van der Waals surface area contributed by atoms with Crippen molar-refractivity contribution in [3.05, 3.63) is 0 Å². The number of nitrogens with zero attached hydrogens (tertiary/aromatic N) is 1. The Bertz CT molecular complexity index is 128. The van der Waals surface area contributed by atoms with Crippen LogP contribution in [0, 0.1) is 0 Å². The van der Waals surface area contributed by atoms with Gasteiger partial charge in [-0.3, -0.25) is 0 Å². The summed E-state index contributed by atoms with van der Waals surface area (Å²) in [6.45, 7) is 2.06. The van der Waals surface area contributed by atoms with Gasteiger partial charge in [-0.1, -0.05) is 13.3 Å². The molecule has 0 atom stereocenters. The fourth-order valence-corrected chi connectivity index (χ4v) is 1.46. The lowest BCUT2D eigenvalue weighted by molar-refractivity contribution is 0.175. The van der Waals surface area contributed by atoms with Gasteiger partial charge in [0.1, 0.15) is 0 Å². The van der Waals surface area contributed by atoms with Crippen molar-refractivity contribution in [2.75, 3.05) is 33.9 Å². The van der Waals surface area contributed by atoms with E-state index in [9.17, 15) is 11.7 Å². The zero-order chi connectivity index (χ0) is 12.3. The Balaban J connectivity index is 0. The molecule has 0 unspecified atom stereocenters. The van der Waals surface area contributed by atoms with Gasteiger partial charge in [-0.15, -0.1) is 11.7 Å². The molecule has 1 N–H and O–H groups in total. The molecule has 0 spiro atoms. The van der Waals surface area contributed by atoms with Crippen molar-refractivity contribution in [3.63, 3.8) is 0 Å². The van der Waals surface area contributed by atoms with Crippen molar-refractivity contribution in [1.29, 1.82) is 0 Å². The molecule has 0 fully saturated rings. The quantitative estimate of drug-likeness (QED) is 0.755. The van der Waals surface area contributed by atoms with Gasteiger partial charge in [0.15, 0.2) is 0 Å². The van der Waals surface area contributed by atoms with E-state index >= 15 is 0 Å². The first-order valence-corrected chi connectivity index (χ1v) is 5.92. The summed E-state index contributed by atoms with van der Waals surface area (Å²) < 4.78 is 42.1. The maximum Gasteiger partial charge on any atom is 0.278 e. The third-order valence-corrected chi connectivity index (χ3v) is 2.55. The molecule has 0 bridgehead atoms. The van der Waals surface area contributed by atoms with Crippen molar-refractivity contribution in [3.8, 4) is 0 Å². The van der Waals surface area contributed by atoms with E-state index in [0.29, 0.717) is 10.7 Å². The summed E-state index contributed by atoms with van der Waals surface area (Å²) >= 11 is -5.06. The van der Waals surface area contributed by atoms with Crippen molar-refractivity contribution in [2.24, 2.45) is 0 Å². The Morgan fingerprint density at radius 3 is 2.07 bits per heavy atom. The number of methoxy groups -OCH3 is 1. The summed E-state index contributed by atoms with van der Waals surface area (Å²) in [6.07, 6.45) is 1.36. The molecular formula is C8H20F3NO2S. The molecule has 0 aliphatic carbocycles. The lowest BCUT2D eigenvalue weighted by Gasteiger charge is -2.26. The second kappa shape index (κ2) is 10.5. The highest BCUT2D eigenvalue weighted by molar-refractivity contribution is 8.18. The monoisotopic (exact) mass is 251 g/mol. The predicted molar refractivity (Wildman–Crippen MR) is 57.4 cm³/mol. The maximum absolute atomic E-state index is 12.3. The van der Waals surface area contributed by atoms with Crippen LogP contribution in [0.15, 0.2) is 0 Å². The summed E-state index contributed by atoms with van der Waals surface area (Å²) in [6, 6.07) is 0. The molecule has 0 aliphatic heterocycles. The minimum atomic E-state index is -5.06. The van der Waals surface area contributed by atoms with Crippen LogP contribution in [-0.2, 0) is 4.74 Å². The summed E-state index contributed by atoms with van der Waals surface area (Å²) in [5, 5.41) is 7.00. The number of halogens is 3. The molecule has 7 heteroatoms. The molecule has 0 saturated heterocycles. The average molecular weight is 251 g/mol. The van der Waals surface area contributed by atoms with Crippen molar-refractivity contribution in [2.45, 2.75) is 19.8 Å². The van der Waals surface area contributed by atoms with Gasteiger partial charge in [0.2, 0.25) is 0 Å². The van der Waals surface area contributed by atoms with E-state index in [-0.39, 0.29) is 19.7 Å². The van der Waals surface area contributed by atoms with Gasteiger partial charge in [-0.2, -0.15) is 4.31 Å². The molecule has 3 nitrogen and oxygen atoms in total. The van der Waals surface area contributed by atoms with E-state index in [1.165, 1.54) is 7.11 Å². The molecule has 0 aromatic carbocycles. The summed E-state index contributed by atoms with van der Waals surface area (Å²) in [5.41, 5.74) is 0. The van der Waals surface area contributed by atoms with E-state index in [4.69, 9.17) is 5.11 Å². The van der Waals surface area contributed by atoms with E-state index < -0.39 is 11.4 Å². The topological polar surface area (TPSA) is 32.7 Å². The maximum atomic E-state index is 12.3. The minimum Gasteiger partial charge on any atom is -0.400 e. The minimum absolute atomic E-state index is 0.0463. The Hall–Kier alpha value is 0.0200. The van der Waals surface area contributed by atoms with Gasteiger partial charge in [-0.05, 0) is 6.42 Å².